The minimum atomic E-state index is 0.0255. The third-order valence-electron chi connectivity index (χ3n) is 4.90. The predicted molar refractivity (Wildman–Crippen MR) is 99.6 cm³/mol. The second-order valence-electron chi connectivity index (χ2n) is 6.66. The zero-order valence-electron chi connectivity index (χ0n) is 15.3. The maximum atomic E-state index is 12.8. The van der Waals surface area contributed by atoms with E-state index in [9.17, 15) is 9.90 Å². The SMILES string of the molecule is COc1ccc(C(=O)N2CC[C@@H](Cc3cccc(CO)c3)C2)cc1OC. The molecule has 0 spiro atoms. The lowest BCUT2D eigenvalue weighted by Gasteiger charge is -2.18. The van der Waals surface area contributed by atoms with Crippen molar-refractivity contribution in [1.29, 1.82) is 0 Å². The highest BCUT2D eigenvalue weighted by molar-refractivity contribution is 5.95. The normalized spacial score (nSPS) is 16.6. The summed E-state index contributed by atoms with van der Waals surface area (Å²) < 4.78 is 10.5. The number of amides is 1. The minimum absolute atomic E-state index is 0.0255. The molecule has 0 unspecified atom stereocenters. The predicted octanol–water partition coefficient (Wildman–Crippen LogP) is 2.90. The first-order valence-corrected chi connectivity index (χ1v) is 8.84. The lowest BCUT2D eigenvalue weighted by atomic mass is 9.97. The molecule has 138 valence electrons. The summed E-state index contributed by atoms with van der Waals surface area (Å²) in [5.74, 6) is 1.65. The number of carbonyl (C=O) groups is 1. The summed E-state index contributed by atoms with van der Waals surface area (Å²) in [6.07, 6.45) is 1.91. The third-order valence-corrected chi connectivity index (χ3v) is 4.90. The molecule has 1 saturated heterocycles. The molecule has 0 aromatic heterocycles. The Morgan fingerprint density at radius 1 is 1.12 bits per heavy atom. The Kier molecular flexibility index (Phi) is 5.78. The maximum Gasteiger partial charge on any atom is 0.254 e. The first kappa shape index (κ1) is 18.3. The molecule has 1 aliphatic rings. The Balaban J connectivity index is 1.65. The molecule has 2 aromatic rings. The average molecular weight is 355 g/mol. The number of benzene rings is 2. The van der Waals surface area contributed by atoms with E-state index in [4.69, 9.17) is 9.47 Å². The molecule has 0 saturated carbocycles. The molecule has 0 bridgehead atoms. The fourth-order valence-corrected chi connectivity index (χ4v) is 3.52. The number of carbonyl (C=O) groups excluding carboxylic acids is 1. The number of aliphatic hydroxyl groups is 1. The number of methoxy groups -OCH3 is 2. The van der Waals surface area contributed by atoms with Gasteiger partial charge >= 0.3 is 0 Å². The monoisotopic (exact) mass is 355 g/mol. The van der Waals surface area contributed by atoms with E-state index in [-0.39, 0.29) is 12.5 Å². The summed E-state index contributed by atoms with van der Waals surface area (Å²) in [6.45, 7) is 1.57. The summed E-state index contributed by atoms with van der Waals surface area (Å²) in [4.78, 5) is 14.7. The number of nitrogens with zero attached hydrogens (tertiary/aromatic N) is 1. The van der Waals surface area contributed by atoms with Crippen molar-refractivity contribution in [2.45, 2.75) is 19.4 Å². The molecule has 3 rings (SSSR count). The molecule has 1 amide bonds. The van der Waals surface area contributed by atoms with Crippen LogP contribution in [0, 0.1) is 5.92 Å². The zero-order valence-corrected chi connectivity index (χ0v) is 15.3. The Labute approximate surface area is 154 Å². The van der Waals surface area contributed by atoms with Crippen LogP contribution in [0.15, 0.2) is 42.5 Å². The van der Waals surface area contributed by atoms with Crippen molar-refractivity contribution in [1.82, 2.24) is 4.90 Å². The van der Waals surface area contributed by atoms with Crippen molar-refractivity contribution in [2.24, 2.45) is 5.92 Å². The standard InChI is InChI=1S/C21H25NO4/c1-25-19-7-6-18(12-20(19)26-2)21(24)22-9-8-16(13-22)10-15-4-3-5-17(11-15)14-23/h3-7,11-12,16,23H,8-10,13-14H2,1-2H3/t16-/m0/s1. The second-order valence-corrected chi connectivity index (χ2v) is 6.66. The van der Waals surface area contributed by atoms with E-state index in [1.54, 1.807) is 32.4 Å². The van der Waals surface area contributed by atoms with Crippen LogP contribution in [0.2, 0.25) is 0 Å². The van der Waals surface area contributed by atoms with Crippen LogP contribution < -0.4 is 9.47 Å². The van der Waals surface area contributed by atoms with Gasteiger partial charge in [-0.05, 0) is 48.1 Å². The third kappa shape index (κ3) is 3.99. The number of aliphatic hydroxyl groups excluding tert-OH is 1. The van der Waals surface area contributed by atoms with Crippen LogP contribution in [-0.2, 0) is 13.0 Å². The largest absolute Gasteiger partial charge is 0.493 e. The van der Waals surface area contributed by atoms with Gasteiger partial charge < -0.3 is 19.5 Å². The van der Waals surface area contributed by atoms with Crippen molar-refractivity contribution in [3.05, 3.63) is 59.2 Å². The summed E-state index contributed by atoms with van der Waals surface area (Å²) in [7, 11) is 3.15. The van der Waals surface area contributed by atoms with E-state index in [1.165, 1.54) is 5.56 Å². The average Bonchev–Trinajstić information content (AvgIpc) is 3.15. The lowest BCUT2D eigenvalue weighted by Crippen LogP contribution is -2.29. The minimum Gasteiger partial charge on any atom is -0.493 e. The van der Waals surface area contributed by atoms with E-state index >= 15 is 0 Å². The van der Waals surface area contributed by atoms with Gasteiger partial charge in [-0.2, -0.15) is 0 Å². The van der Waals surface area contributed by atoms with E-state index in [1.807, 2.05) is 23.1 Å². The first-order chi connectivity index (χ1) is 12.6. The molecule has 1 N–H and O–H groups in total. The van der Waals surface area contributed by atoms with Gasteiger partial charge in [0, 0.05) is 18.7 Å². The van der Waals surface area contributed by atoms with Gasteiger partial charge in [0.1, 0.15) is 0 Å². The van der Waals surface area contributed by atoms with E-state index in [0.29, 0.717) is 23.0 Å². The van der Waals surface area contributed by atoms with E-state index in [2.05, 4.69) is 6.07 Å². The number of hydrogen-bond acceptors (Lipinski definition) is 4. The number of ether oxygens (including phenoxy) is 2. The van der Waals surface area contributed by atoms with Gasteiger partial charge in [0.15, 0.2) is 11.5 Å². The molecule has 0 radical (unpaired) electrons. The molecular formula is C21H25NO4. The topological polar surface area (TPSA) is 59.0 Å². The Morgan fingerprint density at radius 3 is 2.62 bits per heavy atom. The van der Waals surface area contributed by atoms with Gasteiger partial charge in [-0.3, -0.25) is 4.79 Å². The molecule has 5 nitrogen and oxygen atoms in total. The highest BCUT2D eigenvalue weighted by Gasteiger charge is 2.27. The number of likely N-dealkylation sites (tertiary alicyclic amines) is 1. The van der Waals surface area contributed by atoms with E-state index in [0.717, 1.165) is 31.5 Å². The van der Waals surface area contributed by atoms with Crippen LogP contribution in [-0.4, -0.2) is 43.2 Å². The molecule has 2 aromatic carbocycles. The molecule has 26 heavy (non-hydrogen) atoms. The quantitative estimate of drug-likeness (QED) is 0.866. The molecular weight excluding hydrogens is 330 g/mol. The van der Waals surface area contributed by atoms with Gasteiger partial charge in [-0.15, -0.1) is 0 Å². The van der Waals surface area contributed by atoms with Crippen LogP contribution in [0.3, 0.4) is 0 Å². The number of hydrogen-bond donors (Lipinski definition) is 1. The van der Waals surface area contributed by atoms with Gasteiger partial charge in [-0.1, -0.05) is 24.3 Å². The molecule has 0 aliphatic carbocycles. The molecule has 1 fully saturated rings. The molecule has 1 atom stereocenters. The zero-order chi connectivity index (χ0) is 18.5. The van der Waals surface area contributed by atoms with Crippen molar-refractivity contribution in [3.8, 4) is 11.5 Å². The van der Waals surface area contributed by atoms with Crippen LogP contribution in [0.1, 0.15) is 27.9 Å². The highest BCUT2D eigenvalue weighted by Crippen LogP contribution is 2.29. The van der Waals surface area contributed by atoms with Gasteiger partial charge in [-0.25, -0.2) is 0 Å². The lowest BCUT2D eigenvalue weighted by molar-refractivity contribution is 0.0786. The van der Waals surface area contributed by atoms with Crippen molar-refractivity contribution in [2.75, 3.05) is 27.3 Å². The second kappa shape index (κ2) is 8.23. The Bertz CT molecular complexity index is 774. The van der Waals surface area contributed by atoms with Crippen molar-refractivity contribution < 1.29 is 19.4 Å². The fraction of sp³-hybridized carbons (Fsp3) is 0.381. The molecule has 1 heterocycles. The summed E-state index contributed by atoms with van der Waals surface area (Å²) in [5.41, 5.74) is 2.76. The van der Waals surface area contributed by atoms with E-state index < -0.39 is 0 Å². The Hall–Kier alpha value is -2.53. The first-order valence-electron chi connectivity index (χ1n) is 8.84. The fourth-order valence-electron chi connectivity index (χ4n) is 3.52. The van der Waals surface area contributed by atoms with Crippen LogP contribution in [0.5, 0.6) is 11.5 Å². The maximum absolute atomic E-state index is 12.8. The smallest absolute Gasteiger partial charge is 0.254 e. The van der Waals surface area contributed by atoms with Crippen molar-refractivity contribution in [3.63, 3.8) is 0 Å². The van der Waals surface area contributed by atoms with Gasteiger partial charge in [0.25, 0.3) is 5.91 Å². The van der Waals surface area contributed by atoms with Gasteiger partial charge in [0.2, 0.25) is 0 Å². The summed E-state index contributed by atoms with van der Waals surface area (Å²) >= 11 is 0. The van der Waals surface area contributed by atoms with Crippen molar-refractivity contribution >= 4 is 5.91 Å². The summed E-state index contributed by atoms with van der Waals surface area (Å²) in [6, 6.07) is 13.3. The Morgan fingerprint density at radius 2 is 1.88 bits per heavy atom. The highest BCUT2D eigenvalue weighted by atomic mass is 16.5. The van der Waals surface area contributed by atoms with Gasteiger partial charge in [0.05, 0.1) is 20.8 Å². The van der Waals surface area contributed by atoms with Crippen LogP contribution in [0.4, 0.5) is 0 Å². The van der Waals surface area contributed by atoms with Crippen LogP contribution >= 0.6 is 0 Å². The molecule has 5 heteroatoms. The molecule has 1 aliphatic heterocycles. The summed E-state index contributed by atoms with van der Waals surface area (Å²) in [5, 5.41) is 9.27. The number of rotatable bonds is 6. The van der Waals surface area contributed by atoms with Crippen LogP contribution in [0.25, 0.3) is 0 Å².